The molecule has 1 saturated heterocycles. The van der Waals surface area contributed by atoms with Crippen LogP contribution in [0.25, 0.3) is 16.7 Å². The Hall–Kier alpha value is -4.66. The number of fused-ring (bicyclic) bond motifs is 1. The van der Waals surface area contributed by atoms with E-state index in [0.29, 0.717) is 21.9 Å². The summed E-state index contributed by atoms with van der Waals surface area (Å²) in [4.78, 5) is 42.8. The molecule has 3 aromatic carbocycles. The molecule has 0 saturated carbocycles. The number of hydrazine groups is 1. The van der Waals surface area contributed by atoms with Crippen molar-refractivity contribution in [2.24, 2.45) is 0 Å². The summed E-state index contributed by atoms with van der Waals surface area (Å²) in [7, 11) is 1.54. The molecule has 0 spiro atoms. The van der Waals surface area contributed by atoms with Crippen molar-refractivity contribution in [3.63, 3.8) is 0 Å². The van der Waals surface area contributed by atoms with E-state index in [1.807, 2.05) is 28.8 Å². The van der Waals surface area contributed by atoms with Gasteiger partial charge >= 0.3 is 6.03 Å². The number of urea groups is 1. The van der Waals surface area contributed by atoms with Crippen LogP contribution in [0, 0.1) is 0 Å². The number of nitrogens with zero attached hydrogens (tertiary/aromatic N) is 3. The SMILES string of the molecule is COc1ccc(C2(C)NC(=O)N(NC(=O)c3ccc(-n4cnc5ccccc54)cc3)C2=O)cc1. The number of imidazole rings is 1. The molecular formula is C25H21N5O4. The van der Waals surface area contributed by atoms with Gasteiger partial charge < -0.3 is 10.1 Å². The average Bonchev–Trinajstić information content (AvgIpc) is 3.39. The van der Waals surface area contributed by atoms with E-state index in [2.05, 4.69) is 15.7 Å². The number of imide groups is 1. The summed E-state index contributed by atoms with van der Waals surface area (Å²) < 4.78 is 7.06. The highest BCUT2D eigenvalue weighted by Gasteiger charge is 2.50. The maximum atomic E-state index is 13.1. The number of para-hydroxylation sites is 2. The molecule has 0 radical (unpaired) electrons. The Balaban J connectivity index is 1.33. The van der Waals surface area contributed by atoms with Gasteiger partial charge in [0.25, 0.3) is 11.8 Å². The predicted molar refractivity (Wildman–Crippen MR) is 124 cm³/mol. The fourth-order valence-corrected chi connectivity index (χ4v) is 3.97. The van der Waals surface area contributed by atoms with Crippen LogP contribution in [0.15, 0.2) is 79.1 Å². The maximum absolute atomic E-state index is 13.1. The number of ether oxygens (including phenoxy) is 1. The van der Waals surface area contributed by atoms with Gasteiger partial charge in [-0.15, -0.1) is 0 Å². The molecule has 170 valence electrons. The first-order valence-corrected chi connectivity index (χ1v) is 10.6. The number of aromatic nitrogens is 2. The lowest BCUT2D eigenvalue weighted by molar-refractivity contribution is -0.132. The Morgan fingerprint density at radius 3 is 2.41 bits per heavy atom. The van der Waals surface area contributed by atoms with Crippen molar-refractivity contribution >= 4 is 28.9 Å². The van der Waals surface area contributed by atoms with Crippen LogP contribution in [0.2, 0.25) is 0 Å². The quantitative estimate of drug-likeness (QED) is 0.450. The van der Waals surface area contributed by atoms with Crippen LogP contribution in [0.3, 0.4) is 0 Å². The molecule has 0 aliphatic carbocycles. The summed E-state index contributed by atoms with van der Waals surface area (Å²) in [5, 5.41) is 3.37. The second-order valence-corrected chi connectivity index (χ2v) is 8.02. The van der Waals surface area contributed by atoms with E-state index < -0.39 is 23.4 Å². The van der Waals surface area contributed by atoms with E-state index in [9.17, 15) is 14.4 Å². The first kappa shape index (κ1) is 21.2. The van der Waals surface area contributed by atoms with Crippen molar-refractivity contribution in [2.75, 3.05) is 7.11 Å². The smallest absolute Gasteiger partial charge is 0.344 e. The minimum atomic E-state index is -1.32. The average molecular weight is 455 g/mol. The molecular weight excluding hydrogens is 434 g/mol. The molecule has 9 heteroatoms. The summed E-state index contributed by atoms with van der Waals surface area (Å²) in [6, 6.07) is 20.6. The zero-order valence-corrected chi connectivity index (χ0v) is 18.5. The lowest BCUT2D eigenvalue weighted by atomic mass is 9.92. The molecule has 2 N–H and O–H groups in total. The van der Waals surface area contributed by atoms with Crippen LogP contribution >= 0.6 is 0 Å². The van der Waals surface area contributed by atoms with E-state index in [-0.39, 0.29) is 0 Å². The van der Waals surface area contributed by atoms with Crippen LogP contribution < -0.4 is 15.5 Å². The summed E-state index contributed by atoms with van der Waals surface area (Å²) in [5.41, 5.74) is 4.60. The van der Waals surface area contributed by atoms with Crippen LogP contribution in [0.5, 0.6) is 5.75 Å². The molecule has 1 aliphatic heterocycles. The number of carbonyl (C=O) groups is 3. The number of rotatable bonds is 5. The zero-order valence-electron chi connectivity index (χ0n) is 18.5. The Kier molecular flexibility index (Phi) is 5.01. The van der Waals surface area contributed by atoms with Gasteiger partial charge in [-0.25, -0.2) is 9.78 Å². The summed E-state index contributed by atoms with van der Waals surface area (Å²) in [5.74, 6) is -0.538. The Labute approximate surface area is 194 Å². The van der Waals surface area contributed by atoms with Crippen LogP contribution in [0.4, 0.5) is 4.79 Å². The Bertz CT molecular complexity index is 1410. The van der Waals surface area contributed by atoms with Gasteiger partial charge in [-0.3, -0.25) is 19.6 Å². The van der Waals surface area contributed by atoms with Gasteiger partial charge in [0.05, 0.1) is 18.1 Å². The van der Waals surface area contributed by atoms with Gasteiger partial charge in [-0.2, -0.15) is 5.01 Å². The van der Waals surface area contributed by atoms with E-state index in [4.69, 9.17) is 4.74 Å². The van der Waals surface area contributed by atoms with Crippen molar-refractivity contribution in [3.05, 3.63) is 90.3 Å². The number of hydrogen-bond donors (Lipinski definition) is 2. The van der Waals surface area contributed by atoms with E-state index in [1.165, 1.54) is 0 Å². The van der Waals surface area contributed by atoms with E-state index in [1.54, 1.807) is 68.9 Å². The third kappa shape index (κ3) is 3.43. The Morgan fingerprint density at radius 1 is 1.00 bits per heavy atom. The molecule has 1 unspecified atom stereocenters. The number of carbonyl (C=O) groups excluding carboxylic acids is 3. The molecule has 4 amide bonds. The maximum Gasteiger partial charge on any atom is 0.344 e. The highest BCUT2D eigenvalue weighted by molar-refractivity contribution is 6.09. The molecule has 4 aromatic rings. The second-order valence-electron chi connectivity index (χ2n) is 8.02. The monoisotopic (exact) mass is 455 g/mol. The van der Waals surface area contributed by atoms with Crippen LogP contribution in [-0.2, 0) is 10.3 Å². The Morgan fingerprint density at radius 2 is 1.71 bits per heavy atom. The topological polar surface area (TPSA) is 106 Å². The molecule has 0 bridgehead atoms. The normalized spacial score (nSPS) is 17.6. The number of methoxy groups -OCH3 is 1. The lowest BCUT2D eigenvalue weighted by Gasteiger charge is -2.22. The molecule has 2 heterocycles. The van der Waals surface area contributed by atoms with Crippen LogP contribution in [0.1, 0.15) is 22.8 Å². The predicted octanol–water partition coefficient (Wildman–Crippen LogP) is 3.15. The summed E-state index contributed by atoms with van der Waals surface area (Å²) in [6.07, 6.45) is 1.72. The molecule has 1 aliphatic rings. The van der Waals surface area contributed by atoms with Crippen molar-refractivity contribution in [3.8, 4) is 11.4 Å². The third-order valence-electron chi connectivity index (χ3n) is 5.93. The largest absolute Gasteiger partial charge is 0.497 e. The van der Waals surface area contributed by atoms with Crippen molar-refractivity contribution in [2.45, 2.75) is 12.5 Å². The number of nitrogens with one attached hydrogen (secondary N) is 2. The van der Waals surface area contributed by atoms with Gasteiger partial charge in [0.1, 0.15) is 17.6 Å². The number of amides is 4. The second kappa shape index (κ2) is 8.04. The van der Waals surface area contributed by atoms with Gasteiger partial charge in [-0.05, 0) is 61.0 Å². The highest BCUT2D eigenvalue weighted by atomic mass is 16.5. The summed E-state index contributed by atoms with van der Waals surface area (Å²) in [6.45, 7) is 1.59. The highest BCUT2D eigenvalue weighted by Crippen LogP contribution is 2.29. The standard InChI is InChI=1S/C25H21N5O4/c1-25(17-9-13-19(34-2)14-10-17)23(32)30(24(33)27-25)28-22(31)16-7-11-18(12-8-16)29-15-26-20-5-3-4-6-21(20)29/h3-15H,1-2H3,(H,27,33)(H,28,31). The zero-order chi connectivity index (χ0) is 23.9. The van der Waals surface area contributed by atoms with E-state index in [0.717, 1.165) is 16.7 Å². The molecule has 1 atom stereocenters. The number of benzene rings is 3. The molecule has 5 rings (SSSR count). The van der Waals surface area contributed by atoms with E-state index >= 15 is 0 Å². The molecule has 34 heavy (non-hydrogen) atoms. The minimum Gasteiger partial charge on any atom is -0.497 e. The summed E-state index contributed by atoms with van der Waals surface area (Å²) >= 11 is 0. The molecule has 9 nitrogen and oxygen atoms in total. The van der Waals surface area contributed by atoms with Gasteiger partial charge in [-0.1, -0.05) is 24.3 Å². The third-order valence-corrected chi connectivity index (χ3v) is 5.93. The fourth-order valence-electron chi connectivity index (χ4n) is 3.97. The van der Waals surface area contributed by atoms with Crippen molar-refractivity contribution in [1.82, 2.24) is 25.3 Å². The fraction of sp³-hybridized carbons (Fsp3) is 0.120. The first-order valence-electron chi connectivity index (χ1n) is 10.6. The lowest BCUT2D eigenvalue weighted by Crippen LogP contribution is -2.47. The molecule has 1 aromatic heterocycles. The van der Waals surface area contributed by atoms with Gasteiger partial charge in [0.15, 0.2) is 0 Å². The van der Waals surface area contributed by atoms with Gasteiger partial charge in [0, 0.05) is 11.3 Å². The van der Waals surface area contributed by atoms with Crippen molar-refractivity contribution in [1.29, 1.82) is 0 Å². The van der Waals surface area contributed by atoms with Crippen molar-refractivity contribution < 1.29 is 19.1 Å². The number of hydrogen-bond acceptors (Lipinski definition) is 5. The first-order chi connectivity index (χ1) is 16.4. The molecule has 1 fully saturated rings. The minimum absolute atomic E-state index is 0.298. The van der Waals surface area contributed by atoms with Crippen LogP contribution in [-0.4, -0.2) is 39.5 Å². The van der Waals surface area contributed by atoms with Gasteiger partial charge in [0.2, 0.25) is 0 Å².